The standard InChI is InChI=1S/C21H32N2O8/c1-20(2,3)30-18(26)22-7-9-28-15-11-14(17(24)25)12-16(13-15)29-10-8-23-19(27)31-21(4,5)6/h11-13H,7-10H2,1-6H3,(H,22,26)(H,23,27)(H,24,25). The minimum Gasteiger partial charge on any atom is -0.492 e. The first-order valence-electron chi connectivity index (χ1n) is 9.83. The molecule has 0 saturated heterocycles. The molecule has 1 rings (SSSR count). The molecule has 0 saturated carbocycles. The van der Waals surface area contributed by atoms with Crippen molar-refractivity contribution in [3.63, 3.8) is 0 Å². The molecule has 174 valence electrons. The zero-order valence-electron chi connectivity index (χ0n) is 18.9. The molecule has 0 aliphatic heterocycles. The Hall–Kier alpha value is -3.17. The number of amides is 2. The molecule has 0 aromatic heterocycles. The van der Waals surface area contributed by atoms with E-state index in [9.17, 15) is 19.5 Å². The highest BCUT2D eigenvalue weighted by atomic mass is 16.6. The van der Waals surface area contributed by atoms with Crippen molar-refractivity contribution in [2.24, 2.45) is 0 Å². The Morgan fingerprint density at radius 2 is 1.16 bits per heavy atom. The summed E-state index contributed by atoms with van der Waals surface area (Å²) in [4.78, 5) is 34.6. The number of carboxylic acids is 1. The van der Waals surface area contributed by atoms with E-state index in [0.29, 0.717) is 0 Å². The Labute approximate surface area is 182 Å². The van der Waals surface area contributed by atoms with Gasteiger partial charge >= 0.3 is 18.2 Å². The largest absolute Gasteiger partial charge is 0.492 e. The van der Waals surface area contributed by atoms with E-state index in [0.717, 1.165) is 0 Å². The van der Waals surface area contributed by atoms with E-state index in [1.165, 1.54) is 18.2 Å². The Morgan fingerprint density at radius 1 is 0.774 bits per heavy atom. The fourth-order valence-corrected chi connectivity index (χ4v) is 2.13. The van der Waals surface area contributed by atoms with Crippen LogP contribution in [0.4, 0.5) is 9.59 Å². The Balaban J connectivity index is 2.54. The molecule has 0 aliphatic rings. The molecule has 1 aromatic carbocycles. The van der Waals surface area contributed by atoms with Gasteiger partial charge in [0.05, 0.1) is 18.7 Å². The van der Waals surface area contributed by atoms with E-state index >= 15 is 0 Å². The van der Waals surface area contributed by atoms with Gasteiger partial charge in [0, 0.05) is 6.07 Å². The second kappa shape index (κ2) is 11.3. The first-order valence-corrected chi connectivity index (χ1v) is 9.83. The summed E-state index contributed by atoms with van der Waals surface area (Å²) >= 11 is 0. The van der Waals surface area contributed by atoms with Crippen LogP contribution in [0.2, 0.25) is 0 Å². The number of carbonyl (C=O) groups is 3. The van der Waals surface area contributed by atoms with Crippen LogP contribution >= 0.6 is 0 Å². The number of aromatic carboxylic acids is 1. The van der Waals surface area contributed by atoms with E-state index in [4.69, 9.17) is 18.9 Å². The molecule has 0 aliphatic carbocycles. The summed E-state index contributed by atoms with van der Waals surface area (Å²) in [7, 11) is 0. The Kier molecular flexibility index (Phi) is 9.41. The lowest BCUT2D eigenvalue weighted by molar-refractivity contribution is 0.0509. The van der Waals surface area contributed by atoms with Gasteiger partial charge in [0.2, 0.25) is 0 Å². The van der Waals surface area contributed by atoms with Crippen LogP contribution in [-0.2, 0) is 9.47 Å². The molecule has 3 N–H and O–H groups in total. The molecular formula is C21H32N2O8. The van der Waals surface area contributed by atoms with Crippen molar-refractivity contribution in [1.29, 1.82) is 0 Å². The van der Waals surface area contributed by atoms with Gasteiger partial charge in [-0.25, -0.2) is 14.4 Å². The van der Waals surface area contributed by atoms with Crippen LogP contribution in [0.3, 0.4) is 0 Å². The average Bonchev–Trinajstić information content (AvgIpc) is 2.59. The van der Waals surface area contributed by atoms with Crippen molar-refractivity contribution in [3.8, 4) is 11.5 Å². The quantitative estimate of drug-likeness (QED) is 0.499. The number of ether oxygens (including phenoxy) is 4. The summed E-state index contributed by atoms with van der Waals surface area (Å²) < 4.78 is 21.3. The van der Waals surface area contributed by atoms with Crippen molar-refractivity contribution in [3.05, 3.63) is 23.8 Å². The lowest BCUT2D eigenvalue weighted by Gasteiger charge is -2.20. The fourth-order valence-electron chi connectivity index (χ4n) is 2.13. The molecule has 0 bridgehead atoms. The van der Waals surface area contributed by atoms with E-state index in [2.05, 4.69) is 10.6 Å². The maximum atomic E-state index is 11.6. The van der Waals surface area contributed by atoms with Crippen LogP contribution in [0.25, 0.3) is 0 Å². The zero-order valence-corrected chi connectivity index (χ0v) is 18.9. The molecule has 0 fully saturated rings. The third kappa shape index (κ3) is 12.2. The molecular weight excluding hydrogens is 408 g/mol. The van der Waals surface area contributed by atoms with Gasteiger partial charge in [0.1, 0.15) is 35.9 Å². The Bertz CT molecular complexity index is 711. The van der Waals surface area contributed by atoms with Crippen LogP contribution in [0.1, 0.15) is 51.9 Å². The van der Waals surface area contributed by atoms with Gasteiger partial charge in [-0.2, -0.15) is 0 Å². The van der Waals surface area contributed by atoms with Crippen LogP contribution in [0.5, 0.6) is 11.5 Å². The molecule has 0 unspecified atom stereocenters. The molecule has 0 spiro atoms. The smallest absolute Gasteiger partial charge is 0.407 e. The first-order chi connectivity index (χ1) is 14.2. The number of hydrogen-bond acceptors (Lipinski definition) is 7. The normalized spacial score (nSPS) is 11.3. The lowest BCUT2D eigenvalue weighted by Crippen LogP contribution is -2.34. The van der Waals surface area contributed by atoms with E-state index in [1.807, 2.05) is 0 Å². The van der Waals surface area contributed by atoms with E-state index in [-0.39, 0.29) is 43.4 Å². The van der Waals surface area contributed by atoms with Crippen molar-refractivity contribution in [1.82, 2.24) is 10.6 Å². The minimum absolute atomic E-state index is 0.0206. The average molecular weight is 440 g/mol. The number of rotatable bonds is 9. The highest BCUT2D eigenvalue weighted by Gasteiger charge is 2.16. The van der Waals surface area contributed by atoms with Crippen molar-refractivity contribution >= 4 is 18.2 Å². The Morgan fingerprint density at radius 3 is 1.48 bits per heavy atom. The fraction of sp³-hybridized carbons (Fsp3) is 0.571. The van der Waals surface area contributed by atoms with Crippen LogP contribution in [0, 0.1) is 0 Å². The van der Waals surface area contributed by atoms with Crippen LogP contribution < -0.4 is 20.1 Å². The predicted molar refractivity (Wildman–Crippen MR) is 113 cm³/mol. The van der Waals surface area contributed by atoms with Crippen LogP contribution in [0.15, 0.2) is 18.2 Å². The van der Waals surface area contributed by atoms with Crippen molar-refractivity contribution in [2.45, 2.75) is 52.7 Å². The third-order valence-corrected chi connectivity index (χ3v) is 3.21. The number of carboxylic acid groups (broad SMARTS) is 1. The zero-order chi connectivity index (χ0) is 23.7. The van der Waals surface area contributed by atoms with Gasteiger partial charge in [0.25, 0.3) is 0 Å². The summed E-state index contributed by atoms with van der Waals surface area (Å²) in [5.74, 6) is -0.615. The second-order valence-electron chi connectivity index (χ2n) is 8.55. The first kappa shape index (κ1) is 25.9. The van der Waals surface area contributed by atoms with E-state index in [1.54, 1.807) is 41.5 Å². The monoisotopic (exact) mass is 440 g/mol. The summed E-state index contributed by atoms with van der Waals surface area (Å²) in [6.07, 6.45) is -1.14. The van der Waals surface area contributed by atoms with Crippen molar-refractivity contribution < 1.29 is 38.4 Å². The van der Waals surface area contributed by atoms with Crippen molar-refractivity contribution in [2.75, 3.05) is 26.3 Å². The summed E-state index contributed by atoms with van der Waals surface area (Å²) in [5, 5.41) is 14.4. The number of hydrogen-bond donors (Lipinski definition) is 3. The minimum atomic E-state index is -1.14. The lowest BCUT2D eigenvalue weighted by atomic mass is 10.2. The summed E-state index contributed by atoms with van der Waals surface area (Å²) in [6, 6.07) is 4.22. The second-order valence-corrected chi connectivity index (χ2v) is 8.55. The molecule has 10 heteroatoms. The molecule has 10 nitrogen and oxygen atoms in total. The predicted octanol–water partition coefficient (Wildman–Crippen LogP) is 3.19. The number of benzene rings is 1. The highest BCUT2D eigenvalue weighted by Crippen LogP contribution is 2.23. The van der Waals surface area contributed by atoms with Gasteiger partial charge in [-0.05, 0) is 53.7 Å². The number of nitrogens with one attached hydrogen (secondary N) is 2. The highest BCUT2D eigenvalue weighted by molar-refractivity contribution is 5.88. The molecule has 2 amide bonds. The molecule has 0 atom stereocenters. The molecule has 0 heterocycles. The van der Waals surface area contributed by atoms with Gasteiger partial charge in [-0.1, -0.05) is 0 Å². The molecule has 31 heavy (non-hydrogen) atoms. The topological polar surface area (TPSA) is 132 Å². The van der Waals surface area contributed by atoms with Gasteiger partial charge in [0.15, 0.2) is 0 Å². The molecule has 1 aromatic rings. The summed E-state index contributed by atoms with van der Waals surface area (Å²) in [6.45, 7) is 11.1. The third-order valence-electron chi connectivity index (χ3n) is 3.21. The van der Waals surface area contributed by atoms with Gasteiger partial charge in [-0.3, -0.25) is 0 Å². The van der Waals surface area contributed by atoms with Crippen LogP contribution in [-0.4, -0.2) is 60.8 Å². The number of carbonyl (C=O) groups excluding carboxylic acids is 2. The summed E-state index contributed by atoms with van der Waals surface area (Å²) in [5.41, 5.74) is -1.23. The molecule has 0 radical (unpaired) electrons. The van der Waals surface area contributed by atoms with Gasteiger partial charge in [-0.15, -0.1) is 0 Å². The maximum absolute atomic E-state index is 11.6. The number of alkyl carbamates (subject to hydrolysis) is 2. The SMILES string of the molecule is CC(C)(C)OC(=O)NCCOc1cc(OCCNC(=O)OC(C)(C)C)cc(C(=O)O)c1. The van der Waals surface area contributed by atoms with Gasteiger partial charge < -0.3 is 34.7 Å². The van der Waals surface area contributed by atoms with E-state index < -0.39 is 29.4 Å². The maximum Gasteiger partial charge on any atom is 0.407 e.